The van der Waals surface area contributed by atoms with Crippen molar-refractivity contribution in [3.8, 4) is 5.75 Å². The number of benzene rings is 2. The molecule has 0 aliphatic heterocycles. The fourth-order valence-electron chi connectivity index (χ4n) is 2.53. The first-order chi connectivity index (χ1) is 11.8. The lowest BCUT2D eigenvalue weighted by molar-refractivity contribution is -0.115. The molecule has 0 aliphatic carbocycles. The standard InChI is InChI=1S/C19H19N3O2/c1-24-17-10-6-5-9-16(17)13-19(23)21-18-11-12-20-22(18)14-15-7-3-2-4-8-15/h2-12H,13-14H2,1H3,(H,21,23). The van der Waals surface area contributed by atoms with E-state index in [1.165, 1.54) is 0 Å². The smallest absolute Gasteiger partial charge is 0.230 e. The molecular weight excluding hydrogens is 302 g/mol. The van der Waals surface area contributed by atoms with Gasteiger partial charge in [0.25, 0.3) is 0 Å². The van der Waals surface area contributed by atoms with Gasteiger partial charge in [-0.15, -0.1) is 0 Å². The first-order valence-corrected chi connectivity index (χ1v) is 7.74. The van der Waals surface area contributed by atoms with Crippen molar-refractivity contribution >= 4 is 11.7 Å². The summed E-state index contributed by atoms with van der Waals surface area (Å²) in [7, 11) is 1.60. The van der Waals surface area contributed by atoms with Gasteiger partial charge in [0.2, 0.25) is 5.91 Å². The third-order valence-corrected chi connectivity index (χ3v) is 3.70. The number of methoxy groups -OCH3 is 1. The maximum Gasteiger partial charge on any atom is 0.230 e. The quantitative estimate of drug-likeness (QED) is 0.759. The predicted molar refractivity (Wildman–Crippen MR) is 93.1 cm³/mol. The summed E-state index contributed by atoms with van der Waals surface area (Å²) >= 11 is 0. The van der Waals surface area contributed by atoms with Crippen LogP contribution in [0.25, 0.3) is 0 Å². The molecule has 3 rings (SSSR count). The molecule has 0 unspecified atom stereocenters. The van der Waals surface area contributed by atoms with Crippen molar-refractivity contribution in [2.45, 2.75) is 13.0 Å². The topological polar surface area (TPSA) is 56.1 Å². The maximum atomic E-state index is 12.3. The largest absolute Gasteiger partial charge is 0.496 e. The maximum absolute atomic E-state index is 12.3. The van der Waals surface area contributed by atoms with Crippen molar-refractivity contribution < 1.29 is 9.53 Å². The molecule has 122 valence electrons. The van der Waals surface area contributed by atoms with Crippen LogP contribution in [0.5, 0.6) is 5.75 Å². The van der Waals surface area contributed by atoms with Gasteiger partial charge < -0.3 is 10.1 Å². The van der Waals surface area contributed by atoms with Gasteiger partial charge in [-0.2, -0.15) is 5.10 Å². The minimum atomic E-state index is -0.102. The van der Waals surface area contributed by atoms with E-state index in [1.807, 2.05) is 54.6 Å². The van der Waals surface area contributed by atoms with E-state index < -0.39 is 0 Å². The molecule has 2 aromatic carbocycles. The van der Waals surface area contributed by atoms with Gasteiger partial charge in [0.05, 0.1) is 26.3 Å². The van der Waals surface area contributed by atoms with Crippen LogP contribution in [0.1, 0.15) is 11.1 Å². The fourth-order valence-corrected chi connectivity index (χ4v) is 2.53. The molecule has 0 bridgehead atoms. The zero-order valence-corrected chi connectivity index (χ0v) is 13.5. The van der Waals surface area contributed by atoms with E-state index in [4.69, 9.17) is 4.74 Å². The van der Waals surface area contributed by atoms with Gasteiger partial charge in [-0.1, -0.05) is 48.5 Å². The first-order valence-electron chi connectivity index (χ1n) is 7.74. The van der Waals surface area contributed by atoms with Crippen LogP contribution in [-0.4, -0.2) is 22.8 Å². The molecule has 0 fully saturated rings. The predicted octanol–water partition coefficient (Wildman–Crippen LogP) is 3.12. The summed E-state index contributed by atoms with van der Waals surface area (Å²) in [5.74, 6) is 1.29. The molecule has 1 amide bonds. The summed E-state index contributed by atoms with van der Waals surface area (Å²) in [6.45, 7) is 0.609. The summed E-state index contributed by atoms with van der Waals surface area (Å²) in [5.41, 5.74) is 1.98. The molecule has 5 heteroatoms. The Morgan fingerprint density at radius 1 is 1.08 bits per heavy atom. The zero-order chi connectivity index (χ0) is 16.8. The summed E-state index contributed by atoms with van der Waals surface area (Å²) in [6, 6.07) is 19.3. The summed E-state index contributed by atoms with van der Waals surface area (Å²) in [6.07, 6.45) is 1.93. The van der Waals surface area contributed by atoms with Gasteiger partial charge in [0.1, 0.15) is 11.6 Å². The molecule has 3 aromatic rings. The highest BCUT2D eigenvalue weighted by Gasteiger charge is 2.11. The molecule has 0 spiro atoms. The number of nitrogens with one attached hydrogen (secondary N) is 1. The van der Waals surface area contributed by atoms with E-state index in [9.17, 15) is 4.79 Å². The van der Waals surface area contributed by atoms with Crippen LogP contribution in [0.15, 0.2) is 66.9 Å². The van der Waals surface area contributed by atoms with Gasteiger partial charge >= 0.3 is 0 Å². The highest BCUT2D eigenvalue weighted by Crippen LogP contribution is 2.18. The van der Waals surface area contributed by atoms with Gasteiger partial charge in [0, 0.05) is 11.6 Å². The summed E-state index contributed by atoms with van der Waals surface area (Å²) in [5, 5.41) is 7.20. The van der Waals surface area contributed by atoms with Crippen molar-refractivity contribution in [2.75, 3.05) is 12.4 Å². The van der Waals surface area contributed by atoms with E-state index in [0.717, 1.165) is 11.1 Å². The van der Waals surface area contributed by atoms with E-state index in [1.54, 1.807) is 24.1 Å². The van der Waals surface area contributed by atoms with Crippen molar-refractivity contribution in [1.29, 1.82) is 0 Å². The number of carbonyl (C=O) groups is 1. The fraction of sp³-hybridized carbons (Fsp3) is 0.158. The average molecular weight is 321 g/mol. The Balaban J connectivity index is 1.68. The van der Waals surface area contributed by atoms with Crippen LogP contribution < -0.4 is 10.1 Å². The third-order valence-electron chi connectivity index (χ3n) is 3.70. The SMILES string of the molecule is COc1ccccc1CC(=O)Nc1ccnn1Cc1ccccc1. The Labute approximate surface area is 140 Å². The van der Waals surface area contributed by atoms with Gasteiger partial charge in [0.15, 0.2) is 0 Å². The second-order valence-electron chi connectivity index (χ2n) is 5.40. The average Bonchev–Trinajstić information content (AvgIpc) is 3.03. The molecule has 1 N–H and O–H groups in total. The van der Waals surface area contributed by atoms with Crippen LogP contribution in [0.4, 0.5) is 5.82 Å². The Hall–Kier alpha value is -3.08. The van der Waals surface area contributed by atoms with Gasteiger partial charge in [-0.05, 0) is 11.6 Å². The molecule has 0 saturated carbocycles. The minimum Gasteiger partial charge on any atom is -0.496 e. The number of amides is 1. The molecule has 0 saturated heterocycles. The number of hydrogen-bond acceptors (Lipinski definition) is 3. The monoisotopic (exact) mass is 321 g/mol. The number of ether oxygens (including phenoxy) is 1. The molecule has 24 heavy (non-hydrogen) atoms. The van der Waals surface area contributed by atoms with Crippen LogP contribution in [-0.2, 0) is 17.8 Å². The summed E-state index contributed by atoms with van der Waals surface area (Å²) in [4.78, 5) is 12.3. The number of carbonyl (C=O) groups excluding carboxylic acids is 1. The lowest BCUT2D eigenvalue weighted by atomic mass is 10.1. The van der Waals surface area contributed by atoms with Crippen molar-refractivity contribution in [2.24, 2.45) is 0 Å². The van der Waals surface area contributed by atoms with Crippen molar-refractivity contribution in [3.63, 3.8) is 0 Å². The lowest BCUT2D eigenvalue weighted by Gasteiger charge is -2.11. The molecule has 0 atom stereocenters. The van der Waals surface area contributed by atoms with Crippen LogP contribution in [0.3, 0.4) is 0 Å². The minimum absolute atomic E-state index is 0.102. The molecule has 0 aliphatic rings. The number of anilines is 1. The highest BCUT2D eigenvalue weighted by molar-refractivity contribution is 5.91. The highest BCUT2D eigenvalue weighted by atomic mass is 16.5. The van der Waals surface area contributed by atoms with E-state index >= 15 is 0 Å². The zero-order valence-electron chi connectivity index (χ0n) is 13.5. The van der Waals surface area contributed by atoms with E-state index in [0.29, 0.717) is 18.1 Å². The van der Waals surface area contributed by atoms with E-state index in [2.05, 4.69) is 10.4 Å². The Morgan fingerprint density at radius 2 is 1.83 bits per heavy atom. The van der Waals surface area contributed by atoms with Crippen molar-refractivity contribution in [3.05, 3.63) is 78.0 Å². The normalized spacial score (nSPS) is 10.4. The second kappa shape index (κ2) is 7.46. The van der Waals surface area contributed by atoms with Crippen molar-refractivity contribution in [1.82, 2.24) is 9.78 Å². The lowest BCUT2D eigenvalue weighted by Crippen LogP contribution is -2.18. The Bertz CT molecular complexity index is 812. The number of hydrogen-bond donors (Lipinski definition) is 1. The van der Waals surface area contributed by atoms with Gasteiger partial charge in [-0.3, -0.25) is 4.79 Å². The molecular formula is C19H19N3O2. The number of nitrogens with zero attached hydrogens (tertiary/aromatic N) is 2. The summed E-state index contributed by atoms with van der Waals surface area (Å²) < 4.78 is 7.06. The van der Waals surface area contributed by atoms with Gasteiger partial charge in [-0.25, -0.2) is 4.68 Å². The third kappa shape index (κ3) is 3.81. The number of para-hydroxylation sites is 1. The Kier molecular flexibility index (Phi) is 4.91. The first kappa shape index (κ1) is 15.8. The molecule has 1 aromatic heterocycles. The molecule has 1 heterocycles. The second-order valence-corrected chi connectivity index (χ2v) is 5.40. The Morgan fingerprint density at radius 3 is 2.62 bits per heavy atom. The van der Waals surface area contributed by atoms with Crippen LogP contribution in [0, 0.1) is 0 Å². The van der Waals surface area contributed by atoms with E-state index in [-0.39, 0.29) is 12.3 Å². The molecule has 0 radical (unpaired) electrons. The van der Waals surface area contributed by atoms with Crippen LogP contribution >= 0.6 is 0 Å². The number of aromatic nitrogens is 2. The molecule has 5 nitrogen and oxygen atoms in total. The van der Waals surface area contributed by atoms with Crippen LogP contribution in [0.2, 0.25) is 0 Å². The number of rotatable bonds is 6.